The van der Waals surface area contributed by atoms with Crippen LogP contribution in [-0.4, -0.2) is 14.5 Å². The Balaban J connectivity index is 1.85. The number of hydrogen-bond donors (Lipinski definition) is 0. The van der Waals surface area contributed by atoms with E-state index in [2.05, 4.69) is 4.98 Å². The largest absolute Gasteiger partial charge is 0.268 e. The molecule has 0 radical (unpaired) electrons. The number of thioether (sulfide) groups is 1. The van der Waals surface area contributed by atoms with E-state index in [1.54, 1.807) is 16.8 Å². The summed E-state index contributed by atoms with van der Waals surface area (Å²) in [7, 11) is 0. The smallest absolute Gasteiger partial charge is 0.266 e. The van der Waals surface area contributed by atoms with Crippen molar-refractivity contribution < 1.29 is 0 Å². The lowest BCUT2D eigenvalue weighted by atomic mass is 10.2. The number of halogens is 1. The van der Waals surface area contributed by atoms with Gasteiger partial charge in [0.25, 0.3) is 5.56 Å². The van der Waals surface area contributed by atoms with Gasteiger partial charge < -0.3 is 0 Å². The SMILES string of the molecule is Cc1ccccc1-n1c(SCc2ccc(Cl)nc2)nc2ccccc2c1=O. The van der Waals surface area contributed by atoms with Gasteiger partial charge in [0, 0.05) is 11.9 Å². The zero-order valence-corrected chi connectivity index (χ0v) is 16.2. The molecule has 4 aromatic rings. The highest BCUT2D eigenvalue weighted by Gasteiger charge is 2.14. The van der Waals surface area contributed by atoms with Crippen molar-refractivity contribution in [3.63, 3.8) is 0 Å². The predicted octanol–water partition coefficient (Wildman–Crippen LogP) is 5.03. The highest BCUT2D eigenvalue weighted by molar-refractivity contribution is 7.98. The monoisotopic (exact) mass is 393 g/mol. The van der Waals surface area contributed by atoms with Crippen molar-refractivity contribution in [2.45, 2.75) is 17.8 Å². The van der Waals surface area contributed by atoms with Gasteiger partial charge in [0.2, 0.25) is 0 Å². The van der Waals surface area contributed by atoms with Gasteiger partial charge >= 0.3 is 0 Å². The van der Waals surface area contributed by atoms with Gasteiger partial charge in [-0.15, -0.1) is 0 Å². The molecule has 0 aliphatic carbocycles. The number of fused-ring (bicyclic) bond motifs is 1. The highest BCUT2D eigenvalue weighted by atomic mass is 35.5. The Labute approximate surface area is 165 Å². The second-order valence-corrected chi connectivity index (χ2v) is 7.45. The first-order valence-corrected chi connectivity index (χ1v) is 9.81. The minimum atomic E-state index is -0.0633. The number of rotatable bonds is 4. The number of nitrogens with zero attached hydrogens (tertiary/aromatic N) is 3. The molecule has 0 aliphatic rings. The van der Waals surface area contributed by atoms with Gasteiger partial charge in [0.05, 0.1) is 16.6 Å². The number of pyridine rings is 1. The van der Waals surface area contributed by atoms with Crippen LogP contribution in [0.1, 0.15) is 11.1 Å². The molecule has 0 saturated carbocycles. The first-order valence-electron chi connectivity index (χ1n) is 8.44. The summed E-state index contributed by atoms with van der Waals surface area (Å²) in [6.07, 6.45) is 1.74. The minimum Gasteiger partial charge on any atom is -0.268 e. The van der Waals surface area contributed by atoms with E-state index in [4.69, 9.17) is 16.6 Å². The third kappa shape index (κ3) is 3.61. The van der Waals surface area contributed by atoms with E-state index < -0.39 is 0 Å². The summed E-state index contributed by atoms with van der Waals surface area (Å²) in [5, 5.41) is 1.73. The van der Waals surface area contributed by atoms with Gasteiger partial charge in [-0.3, -0.25) is 9.36 Å². The van der Waals surface area contributed by atoms with Gasteiger partial charge in [-0.05, 0) is 42.3 Å². The Bertz CT molecular complexity index is 1170. The third-order valence-electron chi connectivity index (χ3n) is 4.26. The number of hydrogen-bond acceptors (Lipinski definition) is 4. The molecule has 0 amide bonds. The lowest BCUT2D eigenvalue weighted by Crippen LogP contribution is -2.22. The van der Waals surface area contributed by atoms with Crippen LogP contribution in [0.25, 0.3) is 16.6 Å². The van der Waals surface area contributed by atoms with Crippen LogP contribution in [-0.2, 0) is 5.75 Å². The number of aromatic nitrogens is 3. The molecule has 27 heavy (non-hydrogen) atoms. The van der Waals surface area contributed by atoms with E-state index in [0.717, 1.165) is 16.8 Å². The van der Waals surface area contributed by atoms with E-state index >= 15 is 0 Å². The average Bonchev–Trinajstić information content (AvgIpc) is 2.69. The molecule has 0 atom stereocenters. The minimum absolute atomic E-state index is 0.0633. The molecule has 0 unspecified atom stereocenters. The number of benzene rings is 2. The Morgan fingerprint density at radius 3 is 2.59 bits per heavy atom. The Hall–Kier alpha value is -2.63. The summed E-state index contributed by atoms with van der Waals surface area (Å²) in [5.41, 5.74) is 3.52. The molecule has 0 spiro atoms. The first kappa shape index (κ1) is 17.8. The van der Waals surface area contributed by atoms with Crippen molar-refractivity contribution in [3.8, 4) is 5.69 Å². The van der Waals surface area contributed by atoms with Crippen LogP contribution in [0, 0.1) is 6.92 Å². The molecule has 2 aromatic heterocycles. The van der Waals surface area contributed by atoms with Gasteiger partial charge in [-0.1, -0.05) is 59.8 Å². The molecule has 134 valence electrons. The van der Waals surface area contributed by atoms with Crippen molar-refractivity contribution >= 4 is 34.3 Å². The number of para-hydroxylation sites is 2. The fraction of sp³-hybridized carbons (Fsp3) is 0.0952. The summed E-state index contributed by atoms with van der Waals surface area (Å²) in [6.45, 7) is 1.99. The van der Waals surface area contributed by atoms with Gasteiger partial charge in [0.1, 0.15) is 5.15 Å². The van der Waals surface area contributed by atoms with Crippen LogP contribution in [0.15, 0.2) is 76.8 Å². The quantitative estimate of drug-likeness (QED) is 0.277. The van der Waals surface area contributed by atoms with E-state index in [1.165, 1.54) is 11.8 Å². The van der Waals surface area contributed by atoms with Gasteiger partial charge in [0.15, 0.2) is 5.16 Å². The maximum Gasteiger partial charge on any atom is 0.266 e. The van der Waals surface area contributed by atoms with E-state index in [9.17, 15) is 4.79 Å². The first-order chi connectivity index (χ1) is 13.1. The van der Waals surface area contributed by atoms with E-state index in [-0.39, 0.29) is 5.56 Å². The summed E-state index contributed by atoms with van der Waals surface area (Å²) >= 11 is 7.37. The normalized spacial score (nSPS) is 11.0. The maximum absolute atomic E-state index is 13.2. The second-order valence-electron chi connectivity index (χ2n) is 6.12. The Kier molecular flexibility index (Phi) is 4.97. The Morgan fingerprint density at radius 2 is 1.81 bits per heavy atom. The van der Waals surface area contributed by atoms with Crippen LogP contribution in [0.5, 0.6) is 0 Å². The van der Waals surface area contributed by atoms with Crippen molar-refractivity contribution in [2.24, 2.45) is 0 Å². The molecule has 0 saturated heterocycles. The Morgan fingerprint density at radius 1 is 1.04 bits per heavy atom. The van der Waals surface area contributed by atoms with Crippen LogP contribution >= 0.6 is 23.4 Å². The molecule has 2 aromatic carbocycles. The van der Waals surface area contributed by atoms with Crippen molar-refractivity contribution in [3.05, 3.63) is 93.5 Å². The molecule has 6 heteroatoms. The average molecular weight is 394 g/mol. The second kappa shape index (κ2) is 7.55. The van der Waals surface area contributed by atoms with Crippen LogP contribution in [0.4, 0.5) is 0 Å². The highest BCUT2D eigenvalue weighted by Crippen LogP contribution is 2.25. The standard InChI is InChI=1S/C21H16ClN3OS/c1-14-6-2-5-9-18(14)25-20(26)16-7-3-4-8-17(16)24-21(25)27-13-15-10-11-19(22)23-12-15/h2-12H,13H2,1H3. The summed E-state index contributed by atoms with van der Waals surface area (Å²) in [6, 6.07) is 19.0. The molecule has 0 fully saturated rings. The zero-order chi connectivity index (χ0) is 18.8. The summed E-state index contributed by atoms with van der Waals surface area (Å²) in [5.74, 6) is 0.640. The third-order valence-corrected chi connectivity index (χ3v) is 5.49. The lowest BCUT2D eigenvalue weighted by molar-refractivity contribution is 0.814. The zero-order valence-electron chi connectivity index (χ0n) is 14.6. The molecule has 0 bridgehead atoms. The van der Waals surface area contributed by atoms with Crippen molar-refractivity contribution in [2.75, 3.05) is 0 Å². The van der Waals surface area contributed by atoms with Crippen molar-refractivity contribution in [1.29, 1.82) is 0 Å². The fourth-order valence-corrected chi connectivity index (χ4v) is 3.93. The van der Waals surface area contributed by atoms with E-state index in [1.807, 2.05) is 61.5 Å². The summed E-state index contributed by atoms with van der Waals surface area (Å²) < 4.78 is 1.70. The van der Waals surface area contributed by atoms with Crippen LogP contribution < -0.4 is 5.56 Å². The molecule has 4 nitrogen and oxygen atoms in total. The molecule has 2 heterocycles. The van der Waals surface area contributed by atoms with Gasteiger partial charge in [-0.2, -0.15) is 0 Å². The topological polar surface area (TPSA) is 47.8 Å². The van der Waals surface area contributed by atoms with E-state index in [0.29, 0.717) is 27.0 Å². The van der Waals surface area contributed by atoms with Crippen LogP contribution in [0.3, 0.4) is 0 Å². The molecule has 4 rings (SSSR count). The number of aryl methyl sites for hydroxylation is 1. The van der Waals surface area contributed by atoms with Gasteiger partial charge in [-0.25, -0.2) is 9.97 Å². The molecule has 0 N–H and O–H groups in total. The molecule has 0 aliphatic heterocycles. The van der Waals surface area contributed by atoms with Crippen molar-refractivity contribution in [1.82, 2.24) is 14.5 Å². The maximum atomic E-state index is 13.2. The predicted molar refractivity (Wildman–Crippen MR) is 111 cm³/mol. The molecular formula is C21H16ClN3OS. The summed E-state index contributed by atoms with van der Waals surface area (Å²) in [4.78, 5) is 22.1. The fourth-order valence-electron chi connectivity index (χ4n) is 2.88. The lowest BCUT2D eigenvalue weighted by Gasteiger charge is -2.15. The molecular weight excluding hydrogens is 378 g/mol. The van der Waals surface area contributed by atoms with Crippen LogP contribution in [0.2, 0.25) is 5.15 Å².